The van der Waals surface area contributed by atoms with E-state index in [9.17, 15) is 0 Å². The predicted octanol–water partition coefficient (Wildman–Crippen LogP) is 6.22. The van der Waals surface area contributed by atoms with Gasteiger partial charge in [0.25, 0.3) is 0 Å². The Balaban J connectivity index is 1.10. The maximum Gasteiger partial charge on any atom is 0.156 e. The zero-order valence-electron chi connectivity index (χ0n) is 23.3. The lowest BCUT2D eigenvalue weighted by atomic mass is 9.98. The van der Waals surface area contributed by atoms with Gasteiger partial charge < -0.3 is 0 Å². The van der Waals surface area contributed by atoms with Crippen molar-refractivity contribution in [1.82, 2.24) is 49.1 Å². The van der Waals surface area contributed by atoms with E-state index in [0.717, 1.165) is 56.7 Å². The van der Waals surface area contributed by atoms with Gasteiger partial charge in [0, 0.05) is 49.6 Å². The Morgan fingerprint density at radius 3 is 0.795 bits per heavy atom. The second-order valence-electron chi connectivity index (χ2n) is 10.1. The van der Waals surface area contributed by atoms with Crippen LogP contribution in [0.15, 0.2) is 147 Å². The van der Waals surface area contributed by atoms with Crippen LogP contribution < -0.4 is 0 Å². The molecule has 10 heteroatoms. The number of hydrogen-bond acceptors (Lipinski definition) is 6. The number of aromatic nitrogens is 10. The van der Waals surface area contributed by atoms with Crippen LogP contribution in [0.5, 0.6) is 0 Å². The average Bonchev–Trinajstić information content (AvgIpc) is 3.92. The van der Waals surface area contributed by atoms with Gasteiger partial charge in [-0.15, -0.1) is 0 Å². The van der Waals surface area contributed by atoms with Crippen LogP contribution in [0, 0.1) is 0 Å². The molecule has 6 aromatic heterocycles. The Morgan fingerprint density at radius 1 is 0.318 bits per heavy atom. The molecule has 0 aliphatic carbocycles. The fourth-order valence-corrected chi connectivity index (χ4v) is 5.13. The van der Waals surface area contributed by atoms with E-state index in [-0.39, 0.29) is 0 Å². The Kier molecular flexibility index (Phi) is 6.19. The zero-order valence-corrected chi connectivity index (χ0v) is 23.3. The van der Waals surface area contributed by atoms with Crippen LogP contribution in [0.1, 0.15) is 0 Å². The minimum Gasteiger partial charge on any atom is -0.223 e. The van der Waals surface area contributed by atoms with Crippen LogP contribution in [0.4, 0.5) is 0 Å². The van der Waals surface area contributed by atoms with Crippen molar-refractivity contribution >= 4 is 0 Å². The van der Waals surface area contributed by atoms with Crippen LogP contribution in [0.3, 0.4) is 0 Å². The number of rotatable bonds is 7. The molecule has 0 N–H and O–H groups in total. The molecular weight excluding hydrogens is 548 g/mol. The van der Waals surface area contributed by atoms with Crippen molar-refractivity contribution in [2.75, 3.05) is 0 Å². The molecule has 0 fully saturated rings. The molecule has 8 aromatic rings. The molecule has 0 radical (unpaired) electrons. The quantitative estimate of drug-likeness (QED) is 0.225. The molecule has 210 valence electrons. The van der Waals surface area contributed by atoms with E-state index < -0.39 is 0 Å². The molecule has 2 aromatic carbocycles. The lowest BCUT2D eigenvalue weighted by Gasteiger charge is -2.11. The van der Waals surface area contributed by atoms with Crippen LogP contribution in [-0.4, -0.2) is 49.1 Å². The number of benzene rings is 2. The standard InChI is InChI=1S/C34H24N10/c1-13-35-41(17-1)31-21-29(22-32(39-31)42-18-2-14-36-42)27-9-5-25(6-10-27)26-7-11-28(12-8-26)30-23-33(43-19-3-15-37-43)40-34(24-30)44-20-4-16-38-44/h1-24H. The van der Waals surface area contributed by atoms with Crippen molar-refractivity contribution in [1.29, 1.82) is 0 Å². The van der Waals surface area contributed by atoms with E-state index in [1.165, 1.54) is 0 Å². The largest absolute Gasteiger partial charge is 0.223 e. The molecule has 8 rings (SSSR count). The number of hydrogen-bond donors (Lipinski definition) is 0. The summed E-state index contributed by atoms with van der Waals surface area (Å²) in [6, 6.07) is 32.8. The van der Waals surface area contributed by atoms with Crippen molar-refractivity contribution in [2.45, 2.75) is 0 Å². The number of pyridine rings is 2. The van der Waals surface area contributed by atoms with E-state index in [1.807, 2.05) is 73.3 Å². The fraction of sp³-hybridized carbons (Fsp3) is 0. The lowest BCUT2D eigenvalue weighted by molar-refractivity contribution is 0.804. The average molecular weight is 573 g/mol. The third-order valence-corrected chi connectivity index (χ3v) is 7.32. The molecule has 0 unspecified atom stereocenters. The van der Waals surface area contributed by atoms with Gasteiger partial charge >= 0.3 is 0 Å². The van der Waals surface area contributed by atoms with E-state index in [2.05, 4.69) is 68.9 Å². The lowest BCUT2D eigenvalue weighted by Crippen LogP contribution is -2.04. The van der Waals surface area contributed by atoms with Gasteiger partial charge in [0.05, 0.1) is 0 Å². The maximum atomic E-state index is 4.77. The second kappa shape index (κ2) is 10.8. The van der Waals surface area contributed by atoms with Gasteiger partial charge in [-0.05, 0) is 81.9 Å². The molecule has 0 saturated heterocycles. The summed E-state index contributed by atoms with van der Waals surface area (Å²) in [5.41, 5.74) is 6.44. The molecule has 0 atom stereocenters. The normalized spacial score (nSPS) is 11.2. The van der Waals surface area contributed by atoms with Crippen LogP contribution in [0.2, 0.25) is 0 Å². The predicted molar refractivity (Wildman–Crippen MR) is 167 cm³/mol. The Bertz CT molecular complexity index is 1870. The first-order valence-electron chi connectivity index (χ1n) is 14.0. The highest BCUT2D eigenvalue weighted by Crippen LogP contribution is 2.30. The molecular formula is C34H24N10. The van der Waals surface area contributed by atoms with Crippen molar-refractivity contribution in [2.24, 2.45) is 0 Å². The summed E-state index contributed by atoms with van der Waals surface area (Å²) in [5.74, 6) is 2.89. The van der Waals surface area contributed by atoms with E-state index >= 15 is 0 Å². The minimum atomic E-state index is 0.722. The molecule has 44 heavy (non-hydrogen) atoms. The smallest absolute Gasteiger partial charge is 0.156 e. The monoisotopic (exact) mass is 572 g/mol. The van der Waals surface area contributed by atoms with Gasteiger partial charge in [0.15, 0.2) is 23.3 Å². The second-order valence-corrected chi connectivity index (χ2v) is 10.1. The Hall–Kier alpha value is -6.42. The summed E-state index contributed by atoms with van der Waals surface area (Å²) in [7, 11) is 0. The van der Waals surface area contributed by atoms with Gasteiger partial charge in [0.1, 0.15) is 0 Å². The van der Waals surface area contributed by atoms with Crippen molar-refractivity contribution in [3.05, 3.63) is 147 Å². The Morgan fingerprint density at radius 2 is 0.568 bits per heavy atom. The molecule has 0 aliphatic heterocycles. The first-order chi connectivity index (χ1) is 21.8. The third-order valence-electron chi connectivity index (χ3n) is 7.32. The van der Waals surface area contributed by atoms with E-state index in [1.54, 1.807) is 43.5 Å². The summed E-state index contributed by atoms with van der Waals surface area (Å²) in [6.45, 7) is 0. The topological polar surface area (TPSA) is 97.1 Å². The fourth-order valence-electron chi connectivity index (χ4n) is 5.13. The van der Waals surface area contributed by atoms with Gasteiger partial charge in [0.2, 0.25) is 0 Å². The molecule has 6 heterocycles. The van der Waals surface area contributed by atoms with E-state index in [4.69, 9.17) is 9.97 Å². The third kappa shape index (κ3) is 4.86. The molecule has 0 aliphatic rings. The van der Waals surface area contributed by atoms with Crippen LogP contribution in [0.25, 0.3) is 56.7 Å². The first kappa shape index (κ1) is 25.3. The molecule has 0 saturated carbocycles. The zero-order chi connectivity index (χ0) is 29.3. The highest BCUT2D eigenvalue weighted by atomic mass is 15.3. The highest BCUT2D eigenvalue weighted by Gasteiger charge is 2.11. The van der Waals surface area contributed by atoms with Crippen LogP contribution in [-0.2, 0) is 0 Å². The van der Waals surface area contributed by atoms with Gasteiger partial charge in [-0.3, -0.25) is 0 Å². The molecule has 10 nitrogen and oxygen atoms in total. The van der Waals surface area contributed by atoms with Gasteiger partial charge in [-0.2, -0.15) is 20.4 Å². The number of nitrogens with zero attached hydrogens (tertiary/aromatic N) is 10. The first-order valence-corrected chi connectivity index (χ1v) is 14.0. The summed E-state index contributed by atoms with van der Waals surface area (Å²) >= 11 is 0. The van der Waals surface area contributed by atoms with Crippen molar-refractivity contribution in [3.8, 4) is 56.7 Å². The van der Waals surface area contributed by atoms with Crippen molar-refractivity contribution < 1.29 is 0 Å². The highest BCUT2D eigenvalue weighted by molar-refractivity contribution is 5.75. The summed E-state index contributed by atoms with van der Waals surface area (Å²) in [6.07, 6.45) is 14.5. The maximum absolute atomic E-state index is 4.77. The molecule has 0 amide bonds. The molecule has 0 spiro atoms. The van der Waals surface area contributed by atoms with Gasteiger partial charge in [-0.1, -0.05) is 48.5 Å². The summed E-state index contributed by atoms with van der Waals surface area (Å²) in [4.78, 5) is 9.54. The molecule has 0 bridgehead atoms. The summed E-state index contributed by atoms with van der Waals surface area (Å²) in [5, 5.41) is 17.5. The van der Waals surface area contributed by atoms with Crippen molar-refractivity contribution in [3.63, 3.8) is 0 Å². The van der Waals surface area contributed by atoms with E-state index in [0.29, 0.717) is 0 Å². The van der Waals surface area contributed by atoms with Crippen LogP contribution >= 0.6 is 0 Å². The Labute approximate surface area is 252 Å². The summed E-state index contributed by atoms with van der Waals surface area (Å²) < 4.78 is 7.02. The SMILES string of the molecule is c1cnn(-c2cc(-c3ccc(-c4ccc(-c5cc(-n6cccn6)nc(-n6cccn6)c5)cc4)cc3)cc(-n3cccn3)n2)c1. The van der Waals surface area contributed by atoms with Gasteiger partial charge in [-0.25, -0.2) is 28.7 Å². The minimum absolute atomic E-state index is 0.722.